The molecule has 4 aromatic rings. The zero-order valence-electron chi connectivity index (χ0n) is 21.2. The Bertz CT molecular complexity index is 1790. The highest BCUT2D eigenvalue weighted by Crippen LogP contribution is 2.30. The minimum atomic E-state index is -3.29. The summed E-state index contributed by atoms with van der Waals surface area (Å²) in [5, 5.41) is 13.5. The lowest BCUT2D eigenvalue weighted by atomic mass is 10.2. The Balaban J connectivity index is 0.000000176. The Labute approximate surface area is 216 Å². The molecule has 9 nitrogen and oxygen atoms in total. The topological polar surface area (TPSA) is 126 Å². The average molecular weight is 540 g/mol. The van der Waals surface area contributed by atoms with E-state index in [9.17, 15) is 16.8 Å². The quantitative estimate of drug-likeness (QED) is 0.415. The van der Waals surface area contributed by atoms with Crippen molar-refractivity contribution < 1.29 is 16.8 Å². The molecule has 11 heteroatoms. The van der Waals surface area contributed by atoms with E-state index >= 15 is 0 Å². The van der Waals surface area contributed by atoms with Crippen LogP contribution in [0, 0.1) is 25.2 Å². The van der Waals surface area contributed by atoms with Crippen LogP contribution in [0.5, 0.6) is 0 Å². The van der Waals surface area contributed by atoms with Crippen LogP contribution in [0.15, 0.2) is 63.3 Å². The number of hydrogen-bond donors (Lipinski definition) is 1. The number of aromatic nitrogens is 2. The van der Waals surface area contributed by atoms with Crippen molar-refractivity contribution in [3.05, 3.63) is 59.9 Å². The van der Waals surface area contributed by atoms with E-state index in [-0.39, 0.29) is 6.54 Å². The summed E-state index contributed by atoms with van der Waals surface area (Å²) in [6.07, 6.45) is 2.45. The summed E-state index contributed by atoms with van der Waals surface area (Å²) in [5.74, 6) is 0.911. The van der Waals surface area contributed by atoms with Crippen LogP contribution in [-0.2, 0) is 32.8 Å². The van der Waals surface area contributed by atoms with Gasteiger partial charge in [-0.2, -0.15) is 5.26 Å². The molecule has 3 heterocycles. The van der Waals surface area contributed by atoms with Crippen molar-refractivity contribution >= 4 is 47.3 Å². The van der Waals surface area contributed by atoms with Crippen molar-refractivity contribution in [3.8, 4) is 6.07 Å². The number of hydrogen-bond acceptors (Lipinski definition) is 7. The predicted molar refractivity (Wildman–Crippen MR) is 145 cm³/mol. The zero-order chi connectivity index (χ0) is 27.0. The van der Waals surface area contributed by atoms with Gasteiger partial charge in [-0.3, -0.25) is 4.99 Å². The third-order valence-corrected chi connectivity index (χ3v) is 8.88. The van der Waals surface area contributed by atoms with Crippen molar-refractivity contribution in [1.82, 2.24) is 14.5 Å². The van der Waals surface area contributed by atoms with E-state index in [1.165, 1.54) is 12.5 Å². The van der Waals surface area contributed by atoms with Crippen LogP contribution < -0.4 is 5.32 Å². The molecule has 1 aliphatic heterocycles. The molecule has 0 bridgehead atoms. The van der Waals surface area contributed by atoms with E-state index < -0.39 is 19.7 Å². The van der Waals surface area contributed by atoms with Gasteiger partial charge in [0.15, 0.2) is 19.7 Å². The van der Waals surface area contributed by atoms with Crippen LogP contribution in [-0.4, -0.2) is 57.4 Å². The van der Waals surface area contributed by atoms with E-state index in [1.54, 1.807) is 23.6 Å². The van der Waals surface area contributed by atoms with Gasteiger partial charge in [0, 0.05) is 46.7 Å². The summed E-state index contributed by atoms with van der Waals surface area (Å²) in [4.78, 5) is 5.13. The van der Waals surface area contributed by atoms with Gasteiger partial charge in [-0.25, -0.2) is 16.8 Å². The van der Waals surface area contributed by atoms with Crippen LogP contribution >= 0.6 is 0 Å². The Kier molecular flexibility index (Phi) is 7.17. The van der Waals surface area contributed by atoms with E-state index in [2.05, 4.69) is 10.3 Å². The van der Waals surface area contributed by atoms with Gasteiger partial charge >= 0.3 is 0 Å². The fourth-order valence-electron chi connectivity index (χ4n) is 4.92. The molecule has 5 rings (SSSR count). The smallest absolute Gasteiger partial charge is 0.177 e. The minimum Gasteiger partial charge on any atom is -0.370 e. The number of fused-ring (bicyclic) bond motifs is 2. The van der Waals surface area contributed by atoms with E-state index in [4.69, 9.17) is 5.26 Å². The standard InChI is InChI=1S/C14H17N3O2S.C12H12N2O2S/c1-10-14(20(2,18)19)11-5-3-4-6-12(11)17(10)9-13-15-7-8-16-13;1-9-12(17(2,15)16)10-5-3-4-6-11(10)14(9)8-7-13/h3-6H,7-9H2,1-2H3,(H,15,16);3-6H,8H2,1-2H3. The first-order valence-electron chi connectivity index (χ1n) is 11.6. The number of nitriles is 1. The SMILES string of the molecule is Cc1c(S(C)(=O)=O)c2ccccc2n1CC#N.Cc1c(S(C)(=O)=O)c2ccccc2n1CC1=NCCN1. The Morgan fingerprint density at radius 2 is 1.35 bits per heavy atom. The highest BCUT2D eigenvalue weighted by molar-refractivity contribution is 7.91. The second kappa shape index (κ2) is 10.0. The van der Waals surface area contributed by atoms with Crippen molar-refractivity contribution in [2.75, 3.05) is 25.6 Å². The summed E-state index contributed by atoms with van der Waals surface area (Å²) in [5.41, 5.74) is 3.11. The number of nitrogens with zero attached hydrogens (tertiary/aromatic N) is 4. The molecule has 2 aromatic heterocycles. The van der Waals surface area contributed by atoms with Gasteiger partial charge in [0.1, 0.15) is 12.4 Å². The monoisotopic (exact) mass is 539 g/mol. The molecule has 0 saturated heterocycles. The van der Waals surface area contributed by atoms with Crippen molar-refractivity contribution in [2.24, 2.45) is 4.99 Å². The molecule has 194 valence electrons. The van der Waals surface area contributed by atoms with Gasteiger partial charge in [-0.1, -0.05) is 36.4 Å². The molecule has 0 spiro atoms. The summed E-state index contributed by atoms with van der Waals surface area (Å²) >= 11 is 0. The molecular weight excluding hydrogens is 510 g/mol. The van der Waals surface area contributed by atoms with E-state index in [0.717, 1.165) is 41.0 Å². The van der Waals surface area contributed by atoms with Crippen LogP contribution in [0.1, 0.15) is 11.4 Å². The van der Waals surface area contributed by atoms with Crippen molar-refractivity contribution in [2.45, 2.75) is 36.7 Å². The Morgan fingerprint density at radius 3 is 1.81 bits per heavy atom. The molecule has 1 aliphatic rings. The fraction of sp³-hybridized carbons (Fsp3) is 0.308. The highest BCUT2D eigenvalue weighted by Gasteiger charge is 2.23. The third kappa shape index (κ3) is 5.12. The van der Waals surface area contributed by atoms with Gasteiger partial charge in [0.25, 0.3) is 0 Å². The van der Waals surface area contributed by atoms with Gasteiger partial charge in [0.2, 0.25) is 0 Å². The number of nitrogens with one attached hydrogen (secondary N) is 1. The fourth-order valence-corrected chi connectivity index (χ4v) is 7.35. The molecule has 1 N–H and O–H groups in total. The first kappa shape index (κ1) is 26.4. The molecule has 0 unspecified atom stereocenters. The lowest BCUT2D eigenvalue weighted by molar-refractivity contribution is 0.599. The van der Waals surface area contributed by atoms with Gasteiger partial charge in [0.05, 0.1) is 34.5 Å². The first-order chi connectivity index (χ1) is 17.4. The Morgan fingerprint density at radius 1 is 0.865 bits per heavy atom. The van der Waals surface area contributed by atoms with Crippen LogP contribution in [0.2, 0.25) is 0 Å². The number of amidine groups is 1. The average Bonchev–Trinajstić information content (AvgIpc) is 3.51. The highest BCUT2D eigenvalue weighted by atomic mass is 32.2. The maximum atomic E-state index is 12.1. The minimum absolute atomic E-state index is 0.155. The number of aliphatic imine (C=N–C) groups is 1. The van der Waals surface area contributed by atoms with Crippen molar-refractivity contribution in [1.29, 1.82) is 5.26 Å². The molecule has 0 saturated carbocycles. The summed E-state index contributed by atoms with van der Waals surface area (Å²) in [7, 11) is -6.54. The van der Waals surface area contributed by atoms with Gasteiger partial charge < -0.3 is 14.5 Å². The molecule has 0 aliphatic carbocycles. The molecule has 0 atom stereocenters. The Hall–Kier alpha value is -3.62. The molecule has 0 radical (unpaired) electrons. The van der Waals surface area contributed by atoms with E-state index in [1.807, 2.05) is 54.0 Å². The predicted octanol–water partition coefficient (Wildman–Crippen LogP) is 3.23. The third-order valence-electron chi connectivity index (χ3n) is 6.37. The maximum absolute atomic E-state index is 12.1. The first-order valence-corrected chi connectivity index (χ1v) is 15.4. The summed E-state index contributed by atoms with van der Waals surface area (Å²) < 4.78 is 51.4. The molecule has 0 fully saturated rings. The maximum Gasteiger partial charge on any atom is 0.177 e. The summed E-state index contributed by atoms with van der Waals surface area (Å²) in [6.45, 7) is 5.96. The number of benzene rings is 2. The van der Waals surface area contributed by atoms with Gasteiger partial charge in [-0.05, 0) is 26.0 Å². The van der Waals surface area contributed by atoms with Gasteiger partial charge in [-0.15, -0.1) is 0 Å². The molecule has 2 aromatic carbocycles. The van der Waals surface area contributed by atoms with Crippen molar-refractivity contribution in [3.63, 3.8) is 0 Å². The number of para-hydroxylation sites is 2. The van der Waals surface area contributed by atoms with E-state index in [0.29, 0.717) is 27.4 Å². The number of sulfone groups is 2. The lowest BCUT2D eigenvalue weighted by Crippen LogP contribution is -2.24. The largest absolute Gasteiger partial charge is 0.370 e. The normalized spacial score (nSPS) is 13.6. The second-order valence-electron chi connectivity index (χ2n) is 8.99. The zero-order valence-corrected chi connectivity index (χ0v) is 22.8. The summed E-state index contributed by atoms with van der Waals surface area (Å²) in [6, 6.07) is 16.9. The van der Waals surface area contributed by atoms with Crippen LogP contribution in [0.25, 0.3) is 21.8 Å². The molecule has 0 amide bonds. The second-order valence-corrected chi connectivity index (χ2v) is 12.9. The lowest BCUT2D eigenvalue weighted by Gasteiger charge is -2.09. The molecular formula is C26H29N5O4S2. The molecule has 37 heavy (non-hydrogen) atoms. The van der Waals surface area contributed by atoms with Crippen LogP contribution in [0.3, 0.4) is 0 Å². The number of rotatable bonds is 5. The van der Waals surface area contributed by atoms with Crippen LogP contribution in [0.4, 0.5) is 0 Å².